The number of nitrogens with one attached hydrogen (secondary N) is 1. The van der Waals surface area contributed by atoms with Gasteiger partial charge in [-0.25, -0.2) is 4.79 Å². The lowest BCUT2D eigenvalue weighted by molar-refractivity contribution is 0.0529. The third kappa shape index (κ3) is 4.90. The van der Waals surface area contributed by atoms with Crippen molar-refractivity contribution in [2.75, 3.05) is 6.54 Å². The van der Waals surface area contributed by atoms with Gasteiger partial charge in [0, 0.05) is 11.2 Å². The molecule has 1 aromatic heterocycles. The summed E-state index contributed by atoms with van der Waals surface area (Å²) in [5.74, 6) is 0. The average Bonchev–Trinajstić information content (AvgIpc) is 2.85. The number of carbonyl (C=O) groups excluding carboxylic acids is 1. The zero-order chi connectivity index (χ0) is 15.3. The second-order valence-electron chi connectivity index (χ2n) is 5.80. The van der Waals surface area contributed by atoms with Gasteiger partial charge in [0.15, 0.2) is 0 Å². The molecule has 2 aromatic rings. The summed E-state index contributed by atoms with van der Waals surface area (Å²) < 4.78 is 6.47. The Bertz CT molecular complexity index is 638. The van der Waals surface area contributed by atoms with Gasteiger partial charge < -0.3 is 10.1 Å². The van der Waals surface area contributed by atoms with E-state index in [9.17, 15) is 4.79 Å². The molecule has 1 amide bonds. The molecule has 0 atom stereocenters. The molecule has 4 heteroatoms. The molecule has 1 N–H and O–H groups in total. The topological polar surface area (TPSA) is 38.3 Å². The van der Waals surface area contributed by atoms with Gasteiger partial charge in [-0.05, 0) is 55.7 Å². The molecule has 0 fully saturated rings. The molecule has 0 unspecified atom stereocenters. The van der Waals surface area contributed by atoms with E-state index >= 15 is 0 Å². The van der Waals surface area contributed by atoms with Crippen molar-refractivity contribution in [3.63, 3.8) is 0 Å². The molecule has 3 nitrogen and oxygen atoms in total. The summed E-state index contributed by atoms with van der Waals surface area (Å²) in [5.41, 5.74) is 0.764. The summed E-state index contributed by atoms with van der Waals surface area (Å²) in [4.78, 5) is 11.5. The van der Waals surface area contributed by atoms with E-state index in [1.165, 1.54) is 15.6 Å². The molecule has 0 aliphatic carbocycles. The van der Waals surface area contributed by atoms with Gasteiger partial charge in [-0.3, -0.25) is 0 Å². The molecule has 21 heavy (non-hydrogen) atoms. The number of amides is 1. The highest BCUT2D eigenvalue weighted by molar-refractivity contribution is 7.17. The molecule has 0 bridgehead atoms. The van der Waals surface area contributed by atoms with E-state index in [1.807, 2.05) is 20.8 Å². The summed E-state index contributed by atoms with van der Waals surface area (Å²) in [6.45, 7) is 6.14. The molecular weight excluding hydrogens is 282 g/mol. The maximum Gasteiger partial charge on any atom is 0.407 e. The number of hydrogen-bond donors (Lipinski definition) is 1. The van der Waals surface area contributed by atoms with Gasteiger partial charge >= 0.3 is 6.09 Å². The predicted octanol–water partition coefficient (Wildman–Crippen LogP) is 4.83. The Labute approximate surface area is 129 Å². The Balaban J connectivity index is 1.81. The summed E-state index contributed by atoms with van der Waals surface area (Å²) >= 11 is 1.75. The van der Waals surface area contributed by atoms with E-state index in [-0.39, 0.29) is 6.09 Å². The molecule has 0 saturated carbocycles. The molecule has 0 radical (unpaired) electrons. The second kappa shape index (κ2) is 6.76. The van der Waals surface area contributed by atoms with Gasteiger partial charge in [-0.1, -0.05) is 24.3 Å². The van der Waals surface area contributed by atoms with Crippen LogP contribution in [0.2, 0.25) is 0 Å². The fourth-order valence-electron chi connectivity index (χ4n) is 1.94. The van der Waals surface area contributed by atoms with Crippen molar-refractivity contribution in [3.8, 4) is 0 Å². The van der Waals surface area contributed by atoms with Crippen LogP contribution in [0.5, 0.6) is 0 Å². The quantitative estimate of drug-likeness (QED) is 0.822. The van der Waals surface area contributed by atoms with Crippen LogP contribution in [-0.2, 0) is 4.74 Å². The van der Waals surface area contributed by atoms with E-state index in [0.29, 0.717) is 6.54 Å². The lowest BCUT2D eigenvalue weighted by Gasteiger charge is -2.19. The van der Waals surface area contributed by atoms with E-state index < -0.39 is 5.60 Å². The van der Waals surface area contributed by atoms with Gasteiger partial charge in [0.2, 0.25) is 0 Å². The van der Waals surface area contributed by atoms with Crippen LogP contribution in [0.15, 0.2) is 35.7 Å². The predicted molar refractivity (Wildman–Crippen MR) is 89.7 cm³/mol. The SMILES string of the molecule is CC(C)(C)OC(=O)NCCC=Cc1cccc2sccc12. The number of hydrogen-bond acceptors (Lipinski definition) is 3. The molecule has 2 rings (SSSR count). The molecular formula is C17H21NO2S. The number of alkyl carbamates (subject to hydrolysis) is 1. The number of benzene rings is 1. The lowest BCUT2D eigenvalue weighted by atomic mass is 10.1. The molecule has 0 saturated heterocycles. The maximum absolute atomic E-state index is 11.5. The van der Waals surface area contributed by atoms with Crippen molar-refractivity contribution in [1.29, 1.82) is 0 Å². The third-order valence-electron chi connectivity index (χ3n) is 2.81. The zero-order valence-corrected chi connectivity index (χ0v) is 13.5. The van der Waals surface area contributed by atoms with Crippen molar-refractivity contribution in [3.05, 3.63) is 41.3 Å². The first-order chi connectivity index (χ1) is 9.96. The molecule has 0 aliphatic heterocycles. The summed E-state index contributed by atoms with van der Waals surface area (Å²) in [6.07, 6.45) is 4.59. The molecule has 112 valence electrons. The highest BCUT2D eigenvalue weighted by Crippen LogP contribution is 2.24. The van der Waals surface area contributed by atoms with E-state index in [0.717, 1.165) is 6.42 Å². The normalized spacial score (nSPS) is 12.0. The minimum atomic E-state index is -0.450. The highest BCUT2D eigenvalue weighted by atomic mass is 32.1. The summed E-state index contributed by atoms with van der Waals surface area (Å²) in [6, 6.07) is 8.43. The smallest absolute Gasteiger partial charge is 0.407 e. The summed E-state index contributed by atoms with van der Waals surface area (Å²) in [7, 11) is 0. The van der Waals surface area contributed by atoms with Crippen LogP contribution in [0.1, 0.15) is 32.8 Å². The van der Waals surface area contributed by atoms with Gasteiger partial charge in [0.05, 0.1) is 0 Å². The first-order valence-electron chi connectivity index (χ1n) is 7.05. The van der Waals surface area contributed by atoms with Crippen molar-refractivity contribution in [1.82, 2.24) is 5.32 Å². The summed E-state index contributed by atoms with van der Waals surface area (Å²) in [5, 5.41) is 6.13. The molecule has 0 aliphatic rings. The number of thiophene rings is 1. The van der Waals surface area contributed by atoms with Gasteiger partial charge in [0.25, 0.3) is 0 Å². The Morgan fingerprint density at radius 3 is 2.90 bits per heavy atom. The minimum Gasteiger partial charge on any atom is -0.444 e. The molecule has 1 heterocycles. The number of ether oxygens (including phenoxy) is 1. The standard InChI is InChI=1S/C17H21NO2S/c1-17(2,3)20-16(19)18-11-5-4-7-13-8-6-9-15-14(13)10-12-21-15/h4,6-10,12H,5,11H2,1-3H3,(H,18,19). The maximum atomic E-state index is 11.5. The van der Waals surface area contributed by atoms with E-state index in [2.05, 4.69) is 47.1 Å². The van der Waals surface area contributed by atoms with Gasteiger partial charge in [-0.15, -0.1) is 11.3 Å². The van der Waals surface area contributed by atoms with Gasteiger partial charge in [0.1, 0.15) is 5.60 Å². The largest absolute Gasteiger partial charge is 0.444 e. The first-order valence-corrected chi connectivity index (χ1v) is 7.93. The Morgan fingerprint density at radius 1 is 1.33 bits per heavy atom. The first kappa shape index (κ1) is 15.6. The minimum absolute atomic E-state index is 0.365. The highest BCUT2D eigenvalue weighted by Gasteiger charge is 2.15. The van der Waals surface area contributed by atoms with E-state index in [1.54, 1.807) is 11.3 Å². The van der Waals surface area contributed by atoms with E-state index in [4.69, 9.17) is 4.74 Å². The number of carbonyl (C=O) groups is 1. The monoisotopic (exact) mass is 303 g/mol. The van der Waals surface area contributed by atoms with Crippen LogP contribution in [0, 0.1) is 0 Å². The molecule has 0 spiro atoms. The second-order valence-corrected chi connectivity index (χ2v) is 6.75. The van der Waals surface area contributed by atoms with Crippen LogP contribution in [-0.4, -0.2) is 18.2 Å². The zero-order valence-electron chi connectivity index (χ0n) is 12.7. The van der Waals surface area contributed by atoms with Crippen molar-refractivity contribution >= 4 is 33.6 Å². The Morgan fingerprint density at radius 2 is 2.14 bits per heavy atom. The fourth-order valence-corrected chi connectivity index (χ4v) is 2.77. The van der Waals surface area contributed by atoms with Crippen LogP contribution in [0.4, 0.5) is 4.79 Å². The van der Waals surface area contributed by atoms with Crippen molar-refractivity contribution in [2.24, 2.45) is 0 Å². The fraction of sp³-hybridized carbons (Fsp3) is 0.353. The average molecular weight is 303 g/mol. The lowest BCUT2D eigenvalue weighted by Crippen LogP contribution is -2.32. The number of fused-ring (bicyclic) bond motifs is 1. The van der Waals surface area contributed by atoms with Crippen LogP contribution in [0.3, 0.4) is 0 Å². The van der Waals surface area contributed by atoms with Crippen LogP contribution in [0.25, 0.3) is 16.2 Å². The van der Waals surface area contributed by atoms with Crippen molar-refractivity contribution < 1.29 is 9.53 Å². The van der Waals surface area contributed by atoms with Crippen molar-refractivity contribution in [2.45, 2.75) is 32.8 Å². The van der Waals surface area contributed by atoms with Crippen LogP contribution >= 0.6 is 11.3 Å². The van der Waals surface area contributed by atoms with Crippen LogP contribution < -0.4 is 5.32 Å². The van der Waals surface area contributed by atoms with Gasteiger partial charge in [-0.2, -0.15) is 0 Å². The Kier molecular flexibility index (Phi) is 5.02. The third-order valence-corrected chi connectivity index (χ3v) is 3.69. The Hall–Kier alpha value is -1.81. The molecule has 1 aromatic carbocycles. The number of rotatable bonds is 4.